The van der Waals surface area contributed by atoms with Crippen molar-refractivity contribution in [3.8, 4) is 11.5 Å². The lowest BCUT2D eigenvalue weighted by molar-refractivity contribution is -0.118. The Kier molecular flexibility index (Phi) is 7.69. The number of amides is 1. The van der Waals surface area contributed by atoms with Crippen molar-refractivity contribution < 1.29 is 19.0 Å². The van der Waals surface area contributed by atoms with Gasteiger partial charge in [-0.05, 0) is 43.3 Å². The van der Waals surface area contributed by atoms with Crippen molar-refractivity contribution >= 4 is 40.4 Å². The van der Waals surface area contributed by atoms with Crippen LogP contribution in [0.5, 0.6) is 11.5 Å². The average Bonchev–Trinajstić information content (AvgIpc) is 2.73. The fourth-order valence-corrected chi connectivity index (χ4v) is 3.38. The first-order valence-corrected chi connectivity index (χ1v) is 10.2. The summed E-state index contributed by atoms with van der Waals surface area (Å²) in [4.78, 5) is 15.1. The standard InChI is InChI=1S/C21H23ClN2O4S/c1-2-27-19-12-15(21(29)24-8-10-26-11-9-24)6-7-18(19)28-14-20(25)23-17-5-3-4-16(22)13-17/h3-7,12-13H,2,8-11,14H2,1H3,(H,23,25). The fraction of sp³-hybridized carbons (Fsp3) is 0.333. The molecule has 0 spiro atoms. The summed E-state index contributed by atoms with van der Waals surface area (Å²) in [6.07, 6.45) is 0. The molecule has 1 heterocycles. The highest BCUT2D eigenvalue weighted by molar-refractivity contribution is 7.80. The zero-order chi connectivity index (χ0) is 20.6. The summed E-state index contributed by atoms with van der Waals surface area (Å²) in [6.45, 7) is 5.08. The molecule has 0 aliphatic carbocycles. The maximum absolute atomic E-state index is 12.2. The van der Waals surface area contributed by atoms with Crippen LogP contribution < -0.4 is 14.8 Å². The third-order valence-electron chi connectivity index (χ3n) is 4.26. The van der Waals surface area contributed by atoms with Crippen LogP contribution in [0.1, 0.15) is 12.5 Å². The van der Waals surface area contributed by atoms with Gasteiger partial charge in [-0.3, -0.25) is 4.79 Å². The van der Waals surface area contributed by atoms with E-state index >= 15 is 0 Å². The number of rotatable bonds is 7. The van der Waals surface area contributed by atoms with Gasteiger partial charge < -0.3 is 24.4 Å². The normalized spacial score (nSPS) is 13.7. The van der Waals surface area contributed by atoms with Crippen molar-refractivity contribution in [1.29, 1.82) is 0 Å². The minimum absolute atomic E-state index is 0.153. The molecule has 1 fully saturated rings. The Morgan fingerprint density at radius 3 is 2.69 bits per heavy atom. The molecule has 1 N–H and O–H groups in total. The minimum atomic E-state index is -0.289. The number of hydrogen-bond acceptors (Lipinski definition) is 5. The topological polar surface area (TPSA) is 60.0 Å². The Morgan fingerprint density at radius 2 is 1.97 bits per heavy atom. The zero-order valence-corrected chi connectivity index (χ0v) is 17.7. The molecule has 3 rings (SSSR count). The van der Waals surface area contributed by atoms with Gasteiger partial charge in [0.1, 0.15) is 4.99 Å². The van der Waals surface area contributed by atoms with Gasteiger partial charge in [0.25, 0.3) is 5.91 Å². The van der Waals surface area contributed by atoms with Crippen LogP contribution in [0.15, 0.2) is 42.5 Å². The van der Waals surface area contributed by atoms with Crippen molar-refractivity contribution in [2.75, 3.05) is 44.8 Å². The Morgan fingerprint density at radius 1 is 1.17 bits per heavy atom. The molecule has 0 atom stereocenters. The van der Waals surface area contributed by atoms with Crippen LogP contribution in [-0.4, -0.2) is 55.3 Å². The smallest absolute Gasteiger partial charge is 0.262 e. The van der Waals surface area contributed by atoms with Gasteiger partial charge in [-0.25, -0.2) is 0 Å². The van der Waals surface area contributed by atoms with E-state index < -0.39 is 0 Å². The molecule has 29 heavy (non-hydrogen) atoms. The second-order valence-electron chi connectivity index (χ2n) is 6.35. The molecule has 1 saturated heterocycles. The number of thiocarbonyl (C=S) groups is 1. The Balaban J connectivity index is 1.65. The van der Waals surface area contributed by atoms with Crippen LogP contribution >= 0.6 is 23.8 Å². The van der Waals surface area contributed by atoms with Gasteiger partial charge >= 0.3 is 0 Å². The lowest BCUT2D eigenvalue weighted by Gasteiger charge is -2.29. The van der Waals surface area contributed by atoms with E-state index in [0.29, 0.717) is 42.0 Å². The molecular formula is C21H23ClN2O4S. The molecule has 0 aromatic heterocycles. The Bertz CT molecular complexity index is 872. The molecule has 0 radical (unpaired) electrons. The van der Waals surface area contributed by atoms with E-state index in [4.69, 9.17) is 38.0 Å². The van der Waals surface area contributed by atoms with Crippen molar-refractivity contribution in [3.05, 3.63) is 53.1 Å². The molecule has 0 bridgehead atoms. The quantitative estimate of drug-likeness (QED) is 0.669. The third-order valence-corrected chi connectivity index (χ3v) is 4.98. The van der Waals surface area contributed by atoms with Crippen LogP contribution in [0.25, 0.3) is 0 Å². The number of anilines is 1. The number of benzene rings is 2. The third kappa shape index (κ3) is 6.06. The predicted molar refractivity (Wildman–Crippen MR) is 117 cm³/mol. The van der Waals surface area contributed by atoms with Gasteiger partial charge in [0.15, 0.2) is 18.1 Å². The van der Waals surface area contributed by atoms with Gasteiger partial charge in [-0.1, -0.05) is 29.9 Å². The molecule has 2 aromatic rings. The van der Waals surface area contributed by atoms with Crippen LogP contribution in [0, 0.1) is 0 Å². The summed E-state index contributed by atoms with van der Waals surface area (Å²) >= 11 is 11.5. The molecule has 154 valence electrons. The molecule has 1 aliphatic heterocycles. The van der Waals surface area contributed by atoms with Gasteiger partial charge in [-0.15, -0.1) is 0 Å². The second-order valence-corrected chi connectivity index (χ2v) is 7.17. The highest BCUT2D eigenvalue weighted by atomic mass is 35.5. The largest absolute Gasteiger partial charge is 0.490 e. The highest BCUT2D eigenvalue weighted by Gasteiger charge is 2.17. The summed E-state index contributed by atoms with van der Waals surface area (Å²) in [7, 11) is 0. The second kappa shape index (κ2) is 10.4. The van der Waals surface area contributed by atoms with E-state index in [1.165, 1.54) is 0 Å². The number of carbonyl (C=O) groups excluding carboxylic acids is 1. The molecule has 2 aromatic carbocycles. The van der Waals surface area contributed by atoms with E-state index in [1.54, 1.807) is 30.3 Å². The number of nitrogens with one attached hydrogen (secondary N) is 1. The Hall–Kier alpha value is -2.35. The molecule has 6 nitrogen and oxygen atoms in total. The number of morpholine rings is 1. The maximum Gasteiger partial charge on any atom is 0.262 e. The van der Waals surface area contributed by atoms with Crippen molar-refractivity contribution in [3.63, 3.8) is 0 Å². The number of carbonyl (C=O) groups is 1. The zero-order valence-electron chi connectivity index (χ0n) is 16.2. The lowest BCUT2D eigenvalue weighted by atomic mass is 10.1. The predicted octanol–water partition coefficient (Wildman–Crippen LogP) is 3.76. The summed E-state index contributed by atoms with van der Waals surface area (Å²) < 4.78 is 16.8. The van der Waals surface area contributed by atoms with Crippen LogP contribution in [0.4, 0.5) is 5.69 Å². The first kappa shape index (κ1) is 21.4. The van der Waals surface area contributed by atoms with E-state index in [-0.39, 0.29) is 12.5 Å². The SMILES string of the molecule is CCOc1cc(C(=S)N2CCOCC2)ccc1OCC(=O)Nc1cccc(Cl)c1. The van der Waals surface area contributed by atoms with Crippen LogP contribution in [0.3, 0.4) is 0 Å². The summed E-state index contributed by atoms with van der Waals surface area (Å²) in [5.74, 6) is 0.750. The summed E-state index contributed by atoms with van der Waals surface area (Å²) in [5, 5.41) is 3.30. The van der Waals surface area contributed by atoms with Crippen LogP contribution in [-0.2, 0) is 9.53 Å². The van der Waals surface area contributed by atoms with Crippen molar-refractivity contribution in [1.82, 2.24) is 4.90 Å². The van der Waals surface area contributed by atoms with Crippen molar-refractivity contribution in [2.45, 2.75) is 6.92 Å². The summed E-state index contributed by atoms with van der Waals surface area (Å²) in [6, 6.07) is 12.5. The monoisotopic (exact) mass is 434 g/mol. The molecule has 1 amide bonds. The first-order chi connectivity index (χ1) is 14.1. The summed E-state index contributed by atoms with van der Waals surface area (Å²) in [5.41, 5.74) is 1.49. The molecule has 8 heteroatoms. The van der Waals surface area contributed by atoms with E-state index in [1.807, 2.05) is 19.1 Å². The van der Waals surface area contributed by atoms with Gasteiger partial charge in [-0.2, -0.15) is 0 Å². The number of nitrogens with zero attached hydrogens (tertiary/aromatic N) is 1. The van der Waals surface area contributed by atoms with Crippen molar-refractivity contribution in [2.24, 2.45) is 0 Å². The molecular weight excluding hydrogens is 412 g/mol. The van der Waals surface area contributed by atoms with Crippen LogP contribution in [0.2, 0.25) is 5.02 Å². The molecule has 1 aliphatic rings. The van der Waals surface area contributed by atoms with E-state index in [9.17, 15) is 4.79 Å². The highest BCUT2D eigenvalue weighted by Crippen LogP contribution is 2.29. The van der Waals surface area contributed by atoms with Gasteiger partial charge in [0, 0.05) is 29.4 Å². The molecule has 0 unspecified atom stereocenters. The van der Waals surface area contributed by atoms with E-state index in [0.717, 1.165) is 23.6 Å². The minimum Gasteiger partial charge on any atom is -0.490 e. The maximum atomic E-state index is 12.2. The number of ether oxygens (including phenoxy) is 3. The lowest BCUT2D eigenvalue weighted by Crippen LogP contribution is -2.40. The van der Waals surface area contributed by atoms with E-state index in [2.05, 4.69) is 10.2 Å². The van der Waals surface area contributed by atoms with Gasteiger partial charge in [0.2, 0.25) is 0 Å². The number of hydrogen-bond donors (Lipinski definition) is 1. The fourth-order valence-electron chi connectivity index (χ4n) is 2.88. The average molecular weight is 435 g/mol. The molecule has 0 saturated carbocycles. The first-order valence-electron chi connectivity index (χ1n) is 9.39. The Labute approximate surface area is 180 Å². The number of halogens is 1. The van der Waals surface area contributed by atoms with Gasteiger partial charge in [0.05, 0.1) is 19.8 Å².